The molecule has 0 saturated heterocycles. The Kier molecular flexibility index (Phi) is 4.71. The van der Waals surface area contributed by atoms with Crippen LogP contribution in [-0.2, 0) is 4.79 Å². The van der Waals surface area contributed by atoms with Gasteiger partial charge in [-0.15, -0.1) is 0 Å². The van der Waals surface area contributed by atoms with E-state index in [2.05, 4.69) is 5.32 Å². The molecule has 19 heavy (non-hydrogen) atoms. The summed E-state index contributed by atoms with van der Waals surface area (Å²) in [6.07, 6.45) is 2.35. The molecule has 104 valence electrons. The van der Waals surface area contributed by atoms with Crippen LogP contribution in [0.2, 0.25) is 10.0 Å². The topological polar surface area (TPSA) is 32.3 Å². The lowest BCUT2D eigenvalue weighted by Crippen LogP contribution is -2.37. The van der Waals surface area contributed by atoms with Crippen LogP contribution in [0.4, 0.5) is 0 Å². The summed E-state index contributed by atoms with van der Waals surface area (Å²) in [6, 6.07) is 5.83. The van der Waals surface area contributed by atoms with E-state index in [0.717, 1.165) is 5.56 Å². The average Bonchev–Trinajstić information content (AvgIpc) is 3.18. The zero-order chi connectivity index (χ0) is 14.0. The molecule has 0 radical (unpaired) electrons. The van der Waals surface area contributed by atoms with Crippen molar-refractivity contribution in [2.24, 2.45) is 0 Å². The molecule has 5 heteroatoms. The van der Waals surface area contributed by atoms with Crippen LogP contribution in [0.3, 0.4) is 0 Å². The van der Waals surface area contributed by atoms with Gasteiger partial charge < -0.3 is 10.2 Å². The third kappa shape index (κ3) is 3.85. The van der Waals surface area contributed by atoms with Gasteiger partial charge in [0.2, 0.25) is 5.91 Å². The molecule has 1 unspecified atom stereocenters. The summed E-state index contributed by atoms with van der Waals surface area (Å²) in [5.41, 5.74) is 0.910. The van der Waals surface area contributed by atoms with Crippen molar-refractivity contribution in [1.29, 1.82) is 0 Å². The second-order valence-corrected chi connectivity index (χ2v) is 5.85. The summed E-state index contributed by atoms with van der Waals surface area (Å²) < 4.78 is 0. The number of hydrogen-bond acceptors (Lipinski definition) is 2. The minimum Gasteiger partial charge on any atom is -0.338 e. The maximum absolute atomic E-state index is 12.1. The SMILES string of the molecule is CC(c1ccc(Cl)cc1Cl)N(C)C(=O)CNC1CC1. The monoisotopic (exact) mass is 300 g/mol. The first-order valence-electron chi connectivity index (χ1n) is 6.43. The number of likely N-dealkylation sites (N-methyl/N-ethyl adjacent to an activating group) is 1. The Labute approximate surface area is 123 Å². The summed E-state index contributed by atoms with van der Waals surface area (Å²) >= 11 is 12.1. The zero-order valence-corrected chi connectivity index (χ0v) is 12.6. The molecular formula is C14H18Cl2N2O. The summed E-state index contributed by atoms with van der Waals surface area (Å²) in [5, 5.41) is 4.42. The minimum absolute atomic E-state index is 0.0710. The van der Waals surface area contributed by atoms with Gasteiger partial charge in [-0.05, 0) is 37.5 Å². The van der Waals surface area contributed by atoms with E-state index in [-0.39, 0.29) is 11.9 Å². The van der Waals surface area contributed by atoms with Crippen LogP contribution in [0.15, 0.2) is 18.2 Å². The third-order valence-electron chi connectivity index (χ3n) is 3.51. The van der Waals surface area contributed by atoms with Crippen molar-refractivity contribution in [3.05, 3.63) is 33.8 Å². The van der Waals surface area contributed by atoms with Crippen molar-refractivity contribution in [3.63, 3.8) is 0 Å². The van der Waals surface area contributed by atoms with Crippen molar-refractivity contribution < 1.29 is 4.79 Å². The Hall–Kier alpha value is -0.770. The highest BCUT2D eigenvalue weighted by molar-refractivity contribution is 6.35. The lowest BCUT2D eigenvalue weighted by Gasteiger charge is -2.26. The van der Waals surface area contributed by atoms with Crippen LogP contribution >= 0.6 is 23.2 Å². The Morgan fingerprint density at radius 3 is 2.74 bits per heavy atom. The maximum atomic E-state index is 12.1. The van der Waals surface area contributed by atoms with Gasteiger partial charge in [-0.25, -0.2) is 0 Å². The van der Waals surface area contributed by atoms with Gasteiger partial charge in [0, 0.05) is 23.1 Å². The molecule has 0 bridgehead atoms. The second kappa shape index (κ2) is 6.12. The van der Waals surface area contributed by atoms with Crippen molar-refractivity contribution in [3.8, 4) is 0 Å². The fourth-order valence-corrected chi connectivity index (χ4v) is 2.48. The molecule has 0 aromatic heterocycles. The molecule has 0 spiro atoms. The summed E-state index contributed by atoms with van der Waals surface area (Å²) in [5.74, 6) is 0.0745. The quantitative estimate of drug-likeness (QED) is 0.905. The highest BCUT2D eigenvalue weighted by atomic mass is 35.5. The number of rotatable bonds is 5. The molecule has 1 fully saturated rings. The van der Waals surface area contributed by atoms with Crippen LogP contribution in [0.5, 0.6) is 0 Å². The smallest absolute Gasteiger partial charge is 0.236 e. The zero-order valence-electron chi connectivity index (χ0n) is 11.1. The average molecular weight is 301 g/mol. The van der Waals surface area contributed by atoms with Crippen LogP contribution in [0, 0.1) is 0 Å². The van der Waals surface area contributed by atoms with Crippen LogP contribution in [-0.4, -0.2) is 30.4 Å². The van der Waals surface area contributed by atoms with Crippen molar-refractivity contribution in [2.75, 3.05) is 13.6 Å². The van der Waals surface area contributed by atoms with Crippen LogP contribution in [0.1, 0.15) is 31.4 Å². The largest absolute Gasteiger partial charge is 0.338 e. The second-order valence-electron chi connectivity index (χ2n) is 5.00. The molecule has 1 aliphatic carbocycles. The molecule has 0 heterocycles. The van der Waals surface area contributed by atoms with Crippen molar-refractivity contribution in [2.45, 2.75) is 31.8 Å². The number of nitrogens with zero attached hydrogens (tertiary/aromatic N) is 1. The number of benzene rings is 1. The predicted octanol–water partition coefficient (Wildman–Crippen LogP) is 3.26. The molecule has 3 nitrogen and oxygen atoms in total. The minimum atomic E-state index is -0.0710. The molecular weight excluding hydrogens is 283 g/mol. The first-order valence-corrected chi connectivity index (χ1v) is 7.18. The number of halogens is 2. The van der Waals surface area contributed by atoms with Gasteiger partial charge in [-0.1, -0.05) is 29.3 Å². The van der Waals surface area contributed by atoms with E-state index in [9.17, 15) is 4.79 Å². The van der Waals surface area contributed by atoms with Crippen LogP contribution < -0.4 is 5.32 Å². The molecule has 1 aromatic rings. The van der Waals surface area contributed by atoms with Gasteiger partial charge in [-0.3, -0.25) is 4.79 Å². The maximum Gasteiger partial charge on any atom is 0.236 e. The van der Waals surface area contributed by atoms with E-state index in [1.165, 1.54) is 12.8 Å². The molecule has 2 rings (SSSR count). The predicted molar refractivity (Wildman–Crippen MR) is 78.7 cm³/mol. The van der Waals surface area contributed by atoms with Gasteiger partial charge in [-0.2, -0.15) is 0 Å². The molecule has 1 aromatic carbocycles. The number of amides is 1. The third-order valence-corrected chi connectivity index (χ3v) is 4.07. The van der Waals surface area contributed by atoms with Gasteiger partial charge >= 0.3 is 0 Å². The Morgan fingerprint density at radius 1 is 1.47 bits per heavy atom. The van der Waals surface area contributed by atoms with Gasteiger partial charge in [0.15, 0.2) is 0 Å². The molecule has 1 aliphatic rings. The van der Waals surface area contributed by atoms with E-state index in [1.54, 1.807) is 24.1 Å². The van der Waals surface area contributed by atoms with Gasteiger partial charge in [0.1, 0.15) is 0 Å². The molecule has 1 N–H and O–H groups in total. The molecule has 1 atom stereocenters. The van der Waals surface area contributed by atoms with Crippen molar-refractivity contribution >= 4 is 29.1 Å². The summed E-state index contributed by atoms with van der Waals surface area (Å²) in [6.45, 7) is 2.35. The fraction of sp³-hybridized carbons (Fsp3) is 0.500. The van der Waals surface area contributed by atoms with E-state index in [4.69, 9.17) is 23.2 Å². The molecule has 1 amide bonds. The molecule has 0 aliphatic heterocycles. The number of hydrogen-bond donors (Lipinski definition) is 1. The normalized spacial score (nSPS) is 16.2. The van der Waals surface area contributed by atoms with Gasteiger partial charge in [0.05, 0.1) is 12.6 Å². The van der Waals surface area contributed by atoms with E-state index in [0.29, 0.717) is 22.6 Å². The molecule has 1 saturated carbocycles. The highest BCUT2D eigenvalue weighted by Crippen LogP contribution is 2.29. The first-order chi connectivity index (χ1) is 8.99. The lowest BCUT2D eigenvalue weighted by atomic mass is 10.1. The standard InChI is InChI=1S/C14H18Cl2N2O/c1-9(12-6-3-10(15)7-13(12)16)18(2)14(19)8-17-11-4-5-11/h3,6-7,9,11,17H,4-5,8H2,1-2H3. The summed E-state index contributed by atoms with van der Waals surface area (Å²) in [7, 11) is 1.80. The van der Waals surface area contributed by atoms with Gasteiger partial charge in [0.25, 0.3) is 0 Å². The highest BCUT2D eigenvalue weighted by Gasteiger charge is 2.24. The lowest BCUT2D eigenvalue weighted by molar-refractivity contribution is -0.130. The first kappa shape index (κ1) is 14.6. The van der Waals surface area contributed by atoms with Crippen molar-refractivity contribution in [1.82, 2.24) is 10.2 Å². The Morgan fingerprint density at radius 2 is 2.16 bits per heavy atom. The van der Waals surface area contributed by atoms with Crippen LogP contribution in [0.25, 0.3) is 0 Å². The Bertz CT molecular complexity index is 475. The van der Waals surface area contributed by atoms with E-state index >= 15 is 0 Å². The summed E-state index contributed by atoms with van der Waals surface area (Å²) in [4.78, 5) is 13.8. The fourth-order valence-electron chi connectivity index (χ4n) is 1.91. The van der Waals surface area contributed by atoms with E-state index < -0.39 is 0 Å². The number of carbonyl (C=O) groups is 1. The number of carbonyl (C=O) groups excluding carboxylic acids is 1. The number of nitrogens with one attached hydrogen (secondary N) is 1. The van der Waals surface area contributed by atoms with E-state index in [1.807, 2.05) is 13.0 Å². The Balaban J connectivity index is 2.00.